The first-order valence-electron chi connectivity index (χ1n) is 7.15. The number of carbonyl (C=O) groups is 1. The second-order valence-corrected chi connectivity index (χ2v) is 5.94. The number of esters is 1. The maximum Gasteiger partial charge on any atom is 0.339 e. The van der Waals surface area contributed by atoms with Crippen LogP contribution in [0.15, 0.2) is 29.6 Å². The van der Waals surface area contributed by atoms with Crippen LogP contribution in [0.5, 0.6) is 5.75 Å². The summed E-state index contributed by atoms with van der Waals surface area (Å²) in [5.41, 5.74) is 1.21. The smallest absolute Gasteiger partial charge is 0.339 e. The van der Waals surface area contributed by atoms with E-state index in [0.717, 1.165) is 11.4 Å². The molecule has 8 heteroatoms. The number of methoxy groups -OCH3 is 1. The molecule has 124 valence electrons. The maximum atomic E-state index is 12.1. The average molecular weight is 364 g/mol. The van der Waals surface area contributed by atoms with E-state index >= 15 is 0 Å². The van der Waals surface area contributed by atoms with Crippen molar-refractivity contribution in [3.63, 3.8) is 0 Å². The Balaban J connectivity index is 2.04. The number of hydrogen-bond acceptors (Lipinski definition) is 7. The molecule has 2 aromatic heterocycles. The molecule has 0 aliphatic carbocycles. The molecule has 0 aliphatic heterocycles. The summed E-state index contributed by atoms with van der Waals surface area (Å²) in [6.45, 7) is 2.06. The Morgan fingerprint density at radius 1 is 1.29 bits per heavy atom. The van der Waals surface area contributed by atoms with Crippen molar-refractivity contribution in [2.45, 2.75) is 6.92 Å². The Morgan fingerprint density at radius 2 is 2.04 bits per heavy atom. The summed E-state index contributed by atoms with van der Waals surface area (Å²) in [5, 5.41) is 5.57. The lowest BCUT2D eigenvalue weighted by molar-refractivity contribution is 0.0529. The number of anilines is 2. The van der Waals surface area contributed by atoms with E-state index < -0.39 is 5.97 Å². The quantitative estimate of drug-likeness (QED) is 0.539. The average Bonchev–Trinajstić information content (AvgIpc) is 2.99. The third kappa shape index (κ3) is 3.27. The first kappa shape index (κ1) is 16.5. The molecule has 1 aromatic carbocycles. The number of hydrogen-bond donors (Lipinski definition) is 1. The number of ether oxygens (including phenoxy) is 2. The fraction of sp³-hybridized carbons (Fsp3) is 0.188. The molecular formula is C16H14ClN3O3S. The lowest BCUT2D eigenvalue weighted by Gasteiger charge is -2.09. The van der Waals surface area contributed by atoms with Crippen LogP contribution in [0.4, 0.5) is 11.5 Å². The van der Waals surface area contributed by atoms with E-state index in [0.29, 0.717) is 28.2 Å². The molecule has 0 radical (unpaired) electrons. The van der Waals surface area contributed by atoms with Crippen molar-refractivity contribution >= 4 is 50.6 Å². The summed E-state index contributed by atoms with van der Waals surface area (Å²) in [6, 6.07) is 7.33. The third-order valence-electron chi connectivity index (χ3n) is 3.25. The van der Waals surface area contributed by atoms with Gasteiger partial charge in [0.2, 0.25) is 5.28 Å². The third-order valence-corrected chi connectivity index (χ3v) is 4.30. The fourth-order valence-electron chi connectivity index (χ4n) is 2.18. The summed E-state index contributed by atoms with van der Waals surface area (Å²) >= 11 is 7.31. The lowest BCUT2D eigenvalue weighted by Crippen LogP contribution is -2.05. The minimum absolute atomic E-state index is 0.107. The number of nitrogens with one attached hydrogen (secondary N) is 1. The SMILES string of the molecule is CCOC(=O)c1csc2nc(Cl)nc(Nc3ccc(OC)cc3)c12. The molecule has 0 bridgehead atoms. The van der Waals surface area contributed by atoms with Gasteiger partial charge in [-0.15, -0.1) is 11.3 Å². The zero-order valence-electron chi connectivity index (χ0n) is 13.0. The number of benzene rings is 1. The van der Waals surface area contributed by atoms with Crippen LogP contribution in [0, 0.1) is 0 Å². The number of fused-ring (bicyclic) bond motifs is 1. The van der Waals surface area contributed by atoms with E-state index in [1.54, 1.807) is 19.4 Å². The van der Waals surface area contributed by atoms with Crippen molar-refractivity contribution in [3.05, 3.63) is 40.5 Å². The van der Waals surface area contributed by atoms with E-state index in [1.165, 1.54) is 11.3 Å². The fourth-order valence-corrected chi connectivity index (χ4v) is 3.30. The van der Waals surface area contributed by atoms with E-state index in [4.69, 9.17) is 21.1 Å². The number of aromatic nitrogens is 2. The predicted octanol–water partition coefficient (Wildman–Crippen LogP) is 4.27. The molecule has 0 saturated carbocycles. The molecule has 0 saturated heterocycles. The highest BCUT2D eigenvalue weighted by Crippen LogP contribution is 2.33. The highest BCUT2D eigenvalue weighted by atomic mass is 35.5. The Hall–Kier alpha value is -2.38. The number of thiophene rings is 1. The van der Waals surface area contributed by atoms with Gasteiger partial charge in [0.15, 0.2) is 0 Å². The zero-order chi connectivity index (χ0) is 17.1. The largest absolute Gasteiger partial charge is 0.497 e. The van der Waals surface area contributed by atoms with Crippen molar-refractivity contribution in [1.82, 2.24) is 9.97 Å². The van der Waals surface area contributed by atoms with Gasteiger partial charge in [0, 0.05) is 11.1 Å². The molecular weight excluding hydrogens is 350 g/mol. The Morgan fingerprint density at radius 3 is 2.71 bits per heavy atom. The Kier molecular flexibility index (Phi) is 4.82. The molecule has 3 rings (SSSR count). The molecule has 1 N–H and O–H groups in total. The molecule has 3 aromatic rings. The summed E-state index contributed by atoms with van der Waals surface area (Å²) in [4.78, 5) is 21.2. The number of halogens is 1. The van der Waals surface area contributed by atoms with Gasteiger partial charge < -0.3 is 14.8 Å². The summed E-state index contributed by atoms with van der Waals surface area (Å²) in [6.07, 6.45) is 0. The van der Waals surface area contributed by atoms with Crippen LogP contribution in [0.2, 0.25) is 5.28 Å². The van der Waals surface area contributed by atoms with Gasteiger partial charge in [-0.1, -0.05) is 0 Å². The molecule has 24 heavy (non-hydrogen) atoms. The van der Waals surface area contributed by atoms with Crippen LogP contribution >= 0.6 is 22.9 Å². The Labute approximate surface area is 147 Å². The molecule has 6 nitrogen and oxygen atoms in total. The molecule has 2 heterocycles. The molecule has 0 aliphatic rings. The summed E-state index contributed by atoms with van der Waals surface area (Å²) in [5.74, 6) is 0.793. The van der Waals surface area contributed by atoms with Gasteiger partial charge in [0.1, 0.15) is 16.4 Å². The number of carbonyl (C=O) groups excluding carboxylic acids is 1. The van der Waals surface area contributed by atoms with Crippen molar-refractivity contribution in [2.75, 3.05) is 19.0 Å². The second kappa shape index (κ2) is 7.02. The van der Waals surface area contributed by atoms with Crippen LogP contribution in [0.1, 0.15) is 17.3 Å². The molecule has 0 unspecified atom stereocenters. The number of rotatable bonds is 5. The van der Waals surface area contributed by atoms with E-state index in [-0.39, 0.29) is 5.28 Å². The lowest BCUT2D eigenvalue weighted by atomic mass is 10.2. The van der Waals surface area contributed by atoms with Gasteiger partial charge in [-0.05, 0) is 42.8 Å². The minimum Gasteiger partial charge on any atom is -0.497 e. The zero-order valence-corrected chi connectivity index (χ0v) is 14.6. The van der Waals surface area contributed by atoms with Gasteiger partial charge in [-0.25, -0.2) is 9.78 Å². The van der Waals surface area contributed by atoms with Crippen LogP contribution in [0.3, 0.4) is 0 Å². The molecule has 0 atom stereocenters. The second-order valence-electron chi connectivity index (χ2n) is 4.74. The van der Waals surface area contributed by atoms with E-state index in [9.17, 15) is 4.79 Å². The molecule has 0 fully saturated rings. The molecule has 0 spiro atoms. The Bertz CT molecular complexity index is 880. The summed E-state index contributed by atoms with van der Waals surface area (Å²) < 4.78 is 10.2. The van der Waals surface area contributed by atoms with E-state index in [2.05, 4.69) is 15.3 Å². The highest BCUT2D eigenvalue weighted by molar-refractivity contribution is 7.17. The van der Waals surface area contributed by atoms with Gasteiger partial charge in [0.05, 0.1) is 24.7 Å². The van der Waals surface area contributed by atoms with Crippen molar-refractivity contribution < 1.29 is 14.3 Å². The monoisotopic (exact) mass is 363 g/mol. The number of nitrogens with zero attached hydrogens (tertiary/aromatic N) is 2. The first-order chi connectivity index (χ1) is 11.6. The highest BCUT2D eigenvalue weighted by Gasteiger charge is 2.19. The van der Waals surface area contributed by atoms with E-state index in [1.807, 2.05) is 24.3 Å². The molecule has 0 amide bonds. The first-order valence-corrected chi connectivity index (χ1v) is 8.41. The van der Waals surface area contributed by atoms with Gasteiger partial charge >= 0.3 is 5.97 Å². The van der Waals surface area contributed by atoms with Crippen LogP contribution in [-0.2, 0) is 4.74 Å². The van der Waals surface area contributed by atoms with Gasteiger partial charge in [-0.2, -0.15) is 4.98 Å². The standard InChI is InChI=1S/C16H14ClN3O3S/c1-3-23-15(21)11-8-24-14-12(11)13(19-16(17)20-14)18-9-4-6-10(22-2)7-5-9/h4-8H,3H2,1-2H3,(H,18,19,20). The van der Waals surface area contributed by atoms with Crippen LogP contribution in [0.25, 0.3) is 10.2 Å². The topological polar surface area (TPSA) is 73.3 Å². The normalized spacial score (nSPS) is 10.6. The predicted molar refractivity (Wildman–Crippen MR) is 94.7 cm³/mol. The van der Waals surface area contributed by atoms with Crippen molar-refractivity contribution in [2.24, 2.45) is 0 Å². The van der Waals surface area contributed by atoms with Gasteiger partial charge in [0.25, 0.3) is 0 Å². The van der Waals surface area contributed by atoms with Crippen LogP contribution < -0.4 is 10.1 Å². The van der Waals surface area contributed by atoms with Crippen molar-refractivity contribution in [3.8, 4) is 5.75 Å². The maximum absolute atomic E-state index is 12.1. The minimum atomic E-state index is -0.410. The summed E-state index contributed by atoms with van der Waals surface area (Å²) in [7, 11) is 1.60. The van der Waals surface area contributed by atoms with Crippen molar-refractivity contribution in [1.29, 1.82) is 0 Å². The van der Waals surface area contributed by atoms with Crippen LogP contribution in [-0.4, -0.2) is 29.7 Å². The van der Waals surface area contributed by atoms with Gasteiger partial charge in [-0.3, -0.25) is 0 Å².